The van der Waals surface area contributed by atoms with E-state index < -0.39 is 6.10 Å². The minimum atomic E-state index is -0.726. The van der Waals surface area contributed by atoms with Crippen LogP contribution < -0.4 is 0 Å². The van der Waals surface area contributed by atoms with Gasteiger partial charge < -0.3 is 5.11 Å². The smallest absolute Gasteiger partial charge is 0.166 e. The van der Waals surface area contributed by atoms with Crippen LogP contribution in [0, 0.1) is 5.92 Å². The highest BCUT2D eigenvalue weighted by Gasteiger charge is 2.34. The Bertz CT molecular complexity index is 344. The zero-order valence-corrected chi connectivity index (χ0v) is 9.97. The third kappa shape index (κ3) is 2.43. The molecule has 2 rings (SSSR count). The lowest BCUT2D eigenvalue weighted by atomic mass is 10.1. The third-order valence-electron chi connectivity index (χ3n) is 2.38. The van der Waals surface area contributed by atoms with Crippen molar-refractivity contribution in [3.8, 4) is 0 Å². The molecule has 1 aromatic heterocycles. The predicted octanol–water partition coefficient (Wildman–Crippen LogP) is 2.39. The van der Waals surface area contributed by atoms with E-state index in [-0.39, 0.29) is 11.7 Å². The van der Waals surface area contributed by atoms with Crippen molar-refractivity contribution in [1.82, 2.24) is 0 Å². The molecule has 1 fully saturated rings. The predicted molar refractivity (Wildman–Crippen MR) is 59.5 cm³/mol. The van der Waals surface area contributed by atoms with Crippen molar-refractivity contribution >= 4 is 33.0 Å². The summed E-state index contributed by atoms with van der Waals surface area (Å²) in [5, 5.41) is 9.57. The van der Waals surface area contributed by atoms with Crippen molar-refractivity contribution in [2.24, 2.45) is 5.92 Å². The number of aliphatic hydroxyl groups is 1. The molecule has 1 unspecified atom stereocenters. The van der Waals surface area contributed by atoms with Gasteiger partial charge in [-0.15, -0.1) is 11.3 Å². The molecule has 4 heteroatoms. The van der Waals surface area contributed by atoms with Crippen LogP contribution in [0.5, 0.6) is 0 Å². The first-order valence-corrected chi connectivity index (χ1v) is 6.23. The molecule has 1 aliphatic rings. The molecular formula is C10H11BrO2S. The molecule has 1 aliphatic carbocycles. The second-order valence-corrected chi connectivity index (χ2v) is 6.18. The Kier molecular flexibility index (Phi) is 3.04. The molecule has 0 amide bonds. The summed E-state index contributed by atoms with van der Waals surface area (Å²) in [5.41, 5.74) is 0. The molecular weight excluding hydrogens is 264 g/mol. The lowest BCUT2D eigenvalue weighted by Crippen LogP contribution is -2.23. The highest BCUT2D eigenvalue weighted by atomic mass is 79.9. The largest absolute Gasteiger partial charge is 0.385 e. The number of halogens is 1. The Morgan fingerprint density at radius 1 is 1.64 bits per heavy atom. The monoisotopic (exact) mass is 274 g/mol. The summed E-state index contributed by atoms with van der Waals surface area (Å²) in [6, 6.07) is 3.85. The summed E-state index contributed by atoms with van der Waals surface area (Å²) in [7, 11) is 0. The molecule has 1 saturated carbocycles. The molecule has 0 aromatic carbocycles. The zero-order valence-electron chi connectivity index (χ0n) is 7.57. The SMILES string of the molecule is O=C(Cc1ccc(Br)s1)C(O)C1CC1. The summed E-state index contributed by atoms with van der Waals surface area (Å²) in [6.45, 7) is 0. The maximum absolute atomic E-state index is 11.5. The van der Waals surface area contributed by atoms with Crippen molar-refractivity contribution < 1.29 is 9.90 Å². The van der Waals surface area contributed by atoms with Crippen LogP contribution in [0.3, 0.4) is 0 Å². The molecule has 1 aromatic rings. The van der Waals surface area contributed by atoms with Crippen molar-refractivity contribution in [3.63, 3.8) is 0 Å². The number of carbonyl (C=O) groups excluding carboxylic acids is 1. The Balaban J connectivity index is 1.93. The number of hydrogen-bond donors (Lipinski definition) is 1. The van der Waals surface area contributed by atoms with E-state index in [4.69, 9.17) is 0 Å². The van der Waals surface area contributed by atoms with Gasteiger partial charge in [-0.05, 0) is 46.8 Å². The number of thiophene rings is 1. The van der Waals surface area contributed by atoms with Crippen molar-refractivity contribution in [1.29, 1.82) is 0 Å². The van der Waals surface area contributed by atoms with Crippen LogP contribution in [0.15, 0.2) is 15.9 Å². The van der Waals surface area contributed by atoms with E-state index in [1.807, 2.05) is 12.1 Å². The van der Waals surface area contributed by atoms with E-state index in [1.165, 1.54) is 0 Å². The summed E-state index contributed by atoms with van der Waals surface area (Å²) >= 11 is 4.90. The van der Waals surface area contributed by atoms with Crippen LogP contribution in [-0.4, -0.2) is 17.0 Å². The van der Waals surface area contributed by atoms with E-state index in [2.05, 4.69) is 15.9 Å². The molecule has 14 heavy (non-hydrogen) atoms. The molecule has 1 N–H and O–H groups in total. The molecule has 0 saturated heterocycles. The maximum Gasteiger partial charge on any atom is 0.166 e. The fourth-order valence-electron chi connectivity index (χ4n) is 1.40. The summed E-state index contributed by atoms with van der Waals surface area (Å²) in [6.07, 6.45) is 1.65. The Labute approximate surface area is 95.1 Å². The standard InChI is InChI=1S/C10H11BrO2S/c11-9-4-3-7(14-9)5-8(12)10(13)6-1-2-6/h3-4,6,10,13H,1-2,5H2. The molecule has 1 atom stereocenters. The molecule has 0 bridgehead atoms. The van der Waals surface area contributed by atoms with Crippen LogP contribution in [0.1, 0.15) is 17.7 Å². The lowest BCUT2D eigenvalue weighted by Gasteiger charge is -2.05. The van der Waals surface area contributed by atoms with Crippen molar-refractivity contribution in [2.75, 3.05) is 0 Å². The average molecular weight is 275 g/mol. The van der Waals surface area contributed by atoms with E-state index in [9.17, 15) is 9.90 Å². The Morgan fingerprint density at radius 2 is 2.36 bits per heavy atom. The first-order chi connectivity index (χ1) is 6.66. The number of aliphatic hydroxyl groups excluding tert-OH is 1. The van der Waals surface area contributed by atoms with Gasteiger partial charge in [-0.25, -0.2) is 0 Å². The van der Waals surface area contributed by atoms with Crippen LogP contribution >= 0.6 is 27.3 Å². The van der Waals surface area contributed by atoms with E-state index in [0.29, 0.717) is 6.42 Å². The third-order valence-corrected chi connectivity index (χ3v) is 4.00. The van der Waals surface area contributed by atoms with Crippen molar-refractivity contribution in [2.45, 2.75) is 25.4 Å². The molecule has 76 valence electrons. The highest BCUT2D eigenvalue weighted by molar-refractivity contribution is 9.11. The molecule has 1 heterocycles. The fraction of sp³-hybridized carbons (Fsp3) is 0.500. The van der Waals surface area contributed by atoms with Gasteiger partial charge in [0.05, 0.1) is 3.79 Å². The molecule has 0 radical (unpaired) electrons. The average Bonchev–Trinajstić information content (AvgIpc) is 2.91. The maximum atomic E-state index is 11.5. The summed E-state index contributed by atoms with van der Waals surface area (Å²) in [4.78, 5) is 12.6. The Morgan fingerprint density at radius 3 is 2.86 bits per heavy atom. The van der Waals surface area contributed by atoms with E-state index in [1.54, 1.807) is 11.3 Å². The summed E-state index contributed by atoms with van der Waals surface area (Å²) in [5.74, 6) is 0.202. The minimum Gasteiger partial charge on any atom is -0.385 e. The number of rotatable bonds is 4. The number of carbonyl (C=O) groups is 1. The lowest BCUT2D eigenvalue weighted by molar-refractivity contribution is -0.127. The van der Waals surface area contributed by atoms with Crippen LogP contribution in [0.4, 0.5) is 0 Å². The quantitative estimate of drug-likeness (QED) is 0.916. The van der Waals surface area contributed by atoms with Crippen LogP contribution in [0.25, 0.3) is 0 Å². The molecule has 0 aliphatic heterocycles. The van der Waals surface area contributed by atoms with Crippen LogP contribution in [-0.2, 0) is 11.2 Å². The summed E-state index contributed by atoms with van der Waals surface area (Å²) < 4.78 is 1.03. The minimum absolute atomic E-state index is 0.0400. The van der Waals surface area contributed by atoms with Gasteiger partial charge >= 0.3 is 0 Å². The molecule has 0 spiro atoms. The second kappa shape index (κ2) is 4.13. The van der Waals surface area contributed by atoms with Gasteiger partial charge in [-0.1, -0.05) is 0 Å². The number of hydrogen-bond acceptors (Lipinski definition) is 3. The van der Waals surface area contributed by atoms with Crippen molar-refractivity contribution in [3.05, 3.63) is 20.8 Å². The van der Waals surface area contributed by atoms with Gasteiger partial charge in [-0.2, -0.15) is 0 Å². The van der Waals surface area contributed by atoms with Gasteiger partial charge in [0.25, 0.3) is 0 Å². The Hall–Kier alpha value is -0.190. The van der Waals surface area contributed by atoms with E-state index >= 15 is 0 Å². The topological polar surface area (TPSA) is 37.3 Å². The first-order valence-electron chi connectivity index (χ1n) is 4.62. The van der Waals surface area contributed by atoms with Gasteiger partial charge in [0.2, 0.25) is 0 Å². The first kappa shape index (κ1) is 10.3. The fourth-order valence-corrected chi connectivity index (χ4v) is 2.89. The van der Waals surface area contributed by atoms with Gasteiger partial charge in [0, 0.05) is 11.3 Å². The number of Topliss-reactive ketones (excluding diaryl/α,β-unsaturated/α-hetero) is 1. The highest BCUT2D eigenvalue weighted by Crippen LogP contribution is 2.33. The normalized spacial score (nSPS) is 18.1. The molecule has 2 nitrogen and oxygen atoms in total. The second-order valence-electron chi connectivity index (χ2n) is 3.63. The van der Waals surface area contributed by atoms with Crippen LogP contribution in [0.2, 0.25) is 0 Å². The van der Waals surface area contributed by atoms with E-state index in [0.717, 1.165) is 21.5 Å². The van der Waals surface area contributed by atoms with Gasteiger partial charge in [0.15, 0.2) is 5.78 Å². The van der Waals surface area contributed by atoms with Gasteiger partial charge in [0.1, 0.15) is 6.10 Å². The van der Waals surface area contributed by atoms with Gasteiger partial charge in [-0.3, -0.25) is 4.79 Å². The zero-order chi connectivity index (χ0) is 10.1. The number of ketones is 1.